The van der Waals surface area contributed by atoms with Crippen molar-refractivity contribution in [2.75, 3.05) is 31.1 Å². The zero-order valence-corrected chi connectivity index (χ0v) is 9.98. The van der Waals surface area contributed by atoms with Gasteiger partial charge >= 0.3 is 0 Å². The number of hydrogen-bond acceptors (Lipinski definition) is 3. The van der Waals surface area contributed by atoms with E-state index in [-0.39, 0.29) is 0 Å². The predicted molar refractivity (Wildman–Crippen MR) is 64.0 cm³/mol. The van der Waals surface area contributed by atoms with Gasteiger partial charge in [0.15, 0.2) is 0 Å². The molecule has 0 saturated carbocycles. The fourth-order valence-corrected chi connectivity index (χ4v) is 3.53. The summed E-state index contributed by atoms with van der Waals surface area (Å²) < 4.78 is 0. The lowest BCUT2D eigenvalue weighted by atomic mass is 10.0. The van der Waals surface area contributed by atoms with E-state index in [1.54, 1.807) is 0 Å². The molecule has 14 heavy (non-hydrogen) atoms. The van der Waals surface area contributed by atoms with Gasteiger partial charge in [0.2, 0.25) is 0 Å². The number of hydrogen-bond donors (Lipinski definition) is 1. The summed E-state index contributed by atoms with van der Waals surface area (Å²) >= 11 is 2.13. The molecule has 0 radical (unpaired) electrons. The summed E-state index contributed by atoms with van der Waals surface area (Å²) in [5.41, 5.74) is 0. The van der Waals surface area contributed by atoms with E-state index in [2.05, 4.69) is 28.9 Å². The van der Waals surface area contributed by atoms with E-state index in [4.69, 9.17) is 0 Å². The molecule has 0 aliphatic carbocycles. The average molecular weight is 214 g/mol. The second kappa shape index (κ2) is 5.38. The molecular weight excluding hydrogens is 192 g/mol. The van der Waals surface area contributed by atoms with Crippen molar-refractivity contribution in [2.45, 2.75) is 38.3 Å². The lowest BCUT2D eigenvalue weighted by Gasteiger charge is -2.44. The highest BCUT2D eigenvalue weighted by atomic mass is 32.2. The maximum Gasteiger partial charge on any atom is 0.0348 e. The first-order valence-electron chi connectivity index (χ1n) is 5.96. The van der Waals surface area contributed by atoms with Crippen LogP contribution in [0.3, 0.4) is 0 Å². The Morgan fingerprint density at radius 2 is 1.93 bits per heavy atom. The first-order valence-corrected chi connectivity index (χ1v) is 7.11. The van der Waals surface area contributed by atoms with Gasteiger partial charge in [0.05, 0.1) is 0 Å². The van der Waals surface area contributed by atoms with Gasteiger partial charge in [0.25, 0.3) is 0 Å². The Hall–Kier alpha value is 0.270. The SMILES string of the molecule is CCCN(C1CCSCC1)C1CNC1. The van der Waals surface area contributed by atoms with Crippen molar-refractivity contribution in [1.82, 2.24) is 10.2 Å². The summed E-state index contributed by atoms with van der Waals surface area (Å²) in [6.07, 6.45) is 4.14. The predicted octanol–water partition coefficient (Wildman–Crippen LogP) is 1.57. The molecule has 3 heteroatoms. The van der Waals surface area contributed by atoms with Gasteiger partial charge in [0, 0.05) is 25.2 Å². The molecule has 2 heterocycles. The highest BCUT2D eigenvalue weighted by molar-refractivity contribution is 7.99. The van der Waals surface area contributed by atoms with Crippen LogP contribution < -0.4 is 5.32 Å². The van der Waals surface area contributed by atoms with E-state index in [0.29, 0.717) is 0 Å². The summed E-state index contributed by atoms with van der Waals surface area (Å²) in [5, 5.41) is 3.39. The largest absolute Gasteiger partial charge is 0.314 e. The Bertz CT molecular complexity index is 165. The van der Waals surface area contributed by atoms with Gasteiger partial charge in [-0.25, -0.2) is 0 Å². The van der Waals surface area contributed by atoms with Crippen molar-refractivity contribution in [3.05, 3.63) is 0 Å². The third-order valence-corrected chi connectivity index (χ3v) is 4.42. The van der Waals surface area contributed by atoms with Crippen LogP contribution in [0.5, 0.6) is 0 Å². The number of rotatable bonds is 4. The highest BCUT2D eigenvalue weighted by Gasteiger charge is 2.30. The Balaban J connectivity index is 1.86. The minimum Gasteiger partial charge on any atom is -0.314 e. The molecule has 0 atom stereocenters. The third-order valence-electron chi connectivity index (χ3n) is 3.37. The lowest BCUT2D eigenvalue weighted by molar-refractivity contribution is 0.0893. The summed E-state index contributed by atoms with van der Waals surface area (Å²) in [4.78, 5) is 2.77. The van der Waals surface area contributed by atoms with Gasteiger partial charge in [-0.15, -0.1) is 0 Å². The number of nitrogens with zero attached hydrogens (tertiary/aromatic N) is 1. The van der Waals surface area contributed by atoms with Crippen LogP contribution in [0.25, 0.3) is 0 Å². The first-order chi connectivity index (χ1) is 6.92. The summed E-state index contributed by atoms with van der Waals surface area (Å²) in [6, 6.07) is 1.74. The van der Waals surface area contributed by atoms with Gasteiger partial charge in [-0.3, -0.25) is 4.90 Å². The standard InChI is InChI=1S/C11H22N2S/c1-2-5-13(11-8-12-9-11)10-3-6-14-7-4-10/h10-12H,2-9H2,1H3. The third kappa shape index (κ3) is 2.44. The summed E-state index contributed by atoms with van der Waals surface area (Å²) in [6.45, 7) is 6.06. The van der Waals surface area contributed by atoms with Crippen molar-refractivity contribution in [2.24, 2.45) is 0 Å². The van der Waals surface area contributed by atoms with Crippen LogP contribution in [-0.4, -0.2) is 48.1 Å². The van der Waals surface area contributed by atoms with Crippen LogP contribution in [0.15, 0.2) is 0 Å². The van der Waals surface area contributed by atoms with Crippen molar-refractivity contribution in [1.29, 1.82) is 0 Å². The van der Waals surface area contributed by atoms with E-state index in [1.165, 1.54) is 50.4 Å². The molecule has 2 saturated heterocycles. The maximum atomic E-state index is 3.39. The van der Waals surface area contributed by atoms with Crippen molar-refractivity contribution in [3.63, 3.8) is 0 Å². The maximum absolute atomic E-state index is 3.39. The van der Waals surface area contributed by atoms with Crippen LogP contribution in [0.4, 0.5) is 0 Å². The Labute approximate surface area is 91.8 Å². The van der Waals surface area contributed by atoms with Gasteiger partial charge in [-0.05, 0) is 37.3 Å². The molecule has 2 aliphatic rings. The molecule has 2 aliphatic heterocycles. The zero-order valence-electron chi connectivity index (χ0n) is 9.17. The Kier molecular flexibility index (Phi) is 4.14. The monoisotopic (exact) mass is 214 g/mol. The van der Waals surface area contributed by atoms with Crippen LogP contribution in [0, 0.1) is 0 Å². The molecular formula is C11H22N2S. The van der Waals surface area contributed by atoms with Crippen LogP contribution >= 0.6 is 11.8 Å². The van der Waals surface area contributed by atoms with Gasteiger partial charge in [-0.2, -0.15) is 11.8 Å². The Morgan fingerprint density at radius 3 is 2.43 bits per heavy atom. The minimum absolute atomic E-state index is 0.850. The molecule has 0 aromatic heterocycles. The average Bonchev–Trinajstić information content (AvgIpc) is 2.16. The molecule has 2 fully saturated rings. The fourth-order valence-electron chi connectivity index (χ4n) is 2.45. The molecule has 0 aromatic carbocycles. The van der Waals surface area contributed by atoms with E-state index >= 15 is 0 Å². The Morgan fingerprint density at radius 1 is 1.21 bits per heavy atom. The quantitative estimate of drug-likeness (QED) is 0.765. The molecule has 1 N–H and O–H groups in total. The molecule has 0 unspecified atom stereocenters. The molecule has 2 rings (SSSR count). The summed E-state index contributed by atoms with van der Waals surface area (Å²) in [7, 11) is 0. The van der Waals surface area contributed by atoms with Crippen molar-refractivity contribution < 1.29 is 0 Å². The first kappa shape index (κ1) is 10.8. The second-order valence-electron chi connectivity index (χ2n) is 4.39. The van der Waals surface area contributed by atoms with Gasteiger partial charge in [-0.1, -0.05) is 6.92 Å². The van der Waals surface area contributed by atoms with Gasteiger partial charge < -0.3 is 5.32 Å². The van der Waals surface area contributed by atoms with Crippen LogP contribution in [0.1, 0.15) is 26.2 Å². The molecule has 0 aromatic rings. The minimum atomic E-state index is 0.850. The number of nitrogens with one attached hydrogen (secondary N) is 1. The van der Waals surface area contributed by atoms with E-state index in [1.807, 2.05) is 0 Å². The topological polar surface area (TPSA) is 15.3 Å². The van der Waals surface area contributed by atoms with E-state index in [0.717, 1.165) is 12.1 Å². The fraction of sp³-hybridized carbons (Fsp3) is 1.00. The van der Waals surface area contributed by atoms with Crippen LogP contribution in [-0.2, 0) is 0 Å². The molecule has 2 nitrogen and oxygen atoms in total. The zero-order chi connectivity index (χ0) is 9.80. The lowest BCUT2D eigenvalue weighted by Crippen LogP contribution is -2.60. The normalized spacial score (nSPS) is 25.3. The smallest absolute Gasteiger partial charge is 0.0348 e. The molecule has 0 amide bonds. The van der Waals surface area contributed by atoms with Crippen molar-refractivity contribution in [3.8, 4) is 0 Å². The van der Waals surface area contributed by atoms with Gasteiger partial charge in [0.1, 0.15) is 0 Å². The van der Waals surface area contributed by atoms with Crippen molar-refractivity contribution >= 4 is 11.8 Å². The van der Waals surface area contributed by atoms with E-state index in [9.17, 15) is 0 Å². The second-order valence-corrected chi connectivity index (χ2v) is 5.62. The molecule has 0 bridgehead atoms. The number of thioether (sulfide) groups is 1. The molecule has 0 spiro atoms. The van der Waals surface area contributed by atoms with E-state index < -0.39 is 0 Å². The van der Waals surface area contributed by atoms with Crippen LogP contribution in [0.2, 0.25) is 0 Å². The summed E-state index contributed by atoms with van der Waals surface area (Å²) in [5.74, 6) is 2.76. The molecule has 82 valence electrons. The highest BCUT2D eigenvalue weighted by Crippen LogP contribution is 2.24.